The lowest BCUT2D eigenvalue weighted by molar-refractivity contribution is 0.465. The lowest BCUT2D eigenvalue weighted by atomic mass is 9.89. The van der Waals surface area contributed by atoms with E-state index in [4.69, 9.17) is 10.5 Å². The van der Waals surface area contributed by atoms with Gasteiger partial charge in [-0.25, -0.2) is 15.0 Å². The Morgan fingerprint density at radius 3 is 2.38 bits per heavy atom. The molecule has 0 radical (unpaired) electrons. The SMILES string of the molecule is Nc1nccc(-c2cccnc2Oc2ccc(Nc3nnc(-c4ccccc4)c4c3CCCC4)cc2)n1. The number of hydrogen-bond acceptors (Lipinski definition) is 8. The van der Waals surface area contributed by atoms with E-state index in [-0.39, 0.29) is 5.95 Å². The van der Waals surface area contributed by atoms with E-state index in [1.165, 1.54) is 17.5 Å². The van der Waals surface area contributed by atoms with Gasteiger partial charge in [-0.2, -0.15) is 0 Å². The summed E-state index contributed by atoms with van der Waals surface area (Å²) >= 11 is 0. The van der Waals surface area contributed by atoms with Crippen molar-refractivity contribution in [3.05, 3.63) is 96.3 Å². The van der Waals surface area contributed by atoms with Crippen LogP contribution in [-0.2, 0) is 12.8 Å². The van der Waals surface area contributed by atoms with Gasteiger partial charge in [0.1, 0.15) is 5.75 Å². The first-order valence-electron chi connectivity index (χ1n) is 12.3. The Morgan fingerprint density at radius 2 is 1.57 bits per heavy atom. The standard InChI is InChI=1S/C29H25N7O/c30-29-32-18-16-25(34-29)24-11-6-17-31-28(24)37-21-14-12-20(13-15-21)33-27-23-10-5-4-9-22(23)26(35-36-27)19-7-2-1-3-8-19/h1-3,6-8,11-18H,4-5,9-10H2,(H,33,36)(H2,30,32,34). The number of aromatic nitrogens is 5. The van der Waals surface area contributed by atoms with Gasteiger partial charge in [-0.05, 0) is 73.7 Å². The highest BCUT2D eigenvalue weighted by molar-refractivity contribution is 5.70. The number of fused-ring (bicyclic) bond motifs is 1. The highest BCUT2D eigenvalue weighted by Gasteiger charge is 2.20. The van der Waals surface area contributed by atoms with Crippen molar-refractivity contribution in [2.24, 2.45) is 0 Å². The maximum atomic E-state index is 6.10. The summed E-state index contributed by atoms with van der Waals surface area (Å²) in [6.45, 7) is 0. The largest absolute Gasteiger partial charge is 0.438 e. The molecule has 8 nitrogen and oxygen atoms in total. The summed E-state index contributed by atoms with van der Waals surface area (Å²) < 4.78 is 6.10. The van der Waals surface area contributed by atoms with Crippen LogP contribution in [0.5, 0.6) is 11.6 Å². The Bertz CT molecular complexity index is 1540. The Balaban J connectivity index is 1.24. The molecule has 182 valence electrons. The minimum Gasteiger partial charge on any atom is -0.438 e. The Morgan fingerprint density at radius 1 is 0.757 bits per heavy atom. The number of anilines is 3. The molecule has 1 aliphatic carbocycles. The van der Waals surface area contributed by atoms with Gasteiger partial charge in [0.25, 0.3) is 0 Å². The minimum atomic E-state index is 0.199. The molecule has 1 aliphatic rings. The van der Waals surface area contributed by atoms with Gasteiger partial charge in [0.05, 0.1) is 17.0 Å². The number of rotatable bonds is 6. The molecule has 0 aliphatic heterocycles. The molecule has 0 saturated heterocycles. The molecule has 8 heteroatoms. The molecule has 0 atom stereocenters. The van der Waals surface area contributed by atoms with Crippen LogP contribution in [0.3, 0.4) is 0 Å². The fraction of sp³-hybridized carbons (Fsp3) is 0.138. The number of nitrogens with two attached hydrogens (primary N) is 1. The van der Waals surface area contributed by atoms with Crippen LogP contribution in [0.25, 0.3) is 22.5 Å². The number of hydrogen-bond donors (Lipinski definition) is 2. The number of benzene rings is 2. The highest BCUT2D eigenvalue weighted by atomic mass is 16.5. The molecule has 0 fully saturated rings. The number of nitrogens with zero attached hydrogens (tertiary/aromatic N) is 5. The zero-order valence-electron chi connectivity index (χ0n) is 20.1. The Labute approximate surface area is 214 Å². The van der Waals surface area contributed by atoms with Crippen molar-refractivity contribution in [1.29, 1.82) is 0 Å². The molecule has 0 bridgehead atoms. The first-order chi connectivity index (χ1) is 18.2. The predicted octanol–water partition coefficient (Wildman–Crippen LogP) is 5.99. The fourth-order valence-electron chi connectivity index (χ4n) is 4.62. The van der Waals surface area contributed by atoms with Gasteiger partial charge in [-0.3, -0.25) is 0 Å². The first kappa shape index (κ1) is 22.6. The third-order valence-corrected chi connectivity index (χ3v) is 6.39. The van der Waals surface area contributed by atoms with Crippen LogP contribution < -0.4 is 15.8 Å². The minimum absolute atomic E-state index is 0.199. The molecular formula is C29H25N7O. The van der Waals surface area contributed by atoms with Gasteiger partial charge >= 0.3 is 0 Å². The zero-order valence-corrected chi connectivity index (χ0v) is 20.1. The van der Waals surface area contributed by atoms with Crippen LogP contribution in [0, 0.1) is 0 Å². The molecule has 3 heterocycles. The van der Waals surface area contributed by atoms with Crippen LogP contribution >= 0.6 is 0 Å². The quantitative estimate of drug-likeness (QED) is 0.300. The summed E-state index contributed by atoms with van der Waals surface area (Å²) in [7, 11) is 0. The number of pyridine rings is 1. The average Bonchev–Trinajstić information content (AvgIpc) is 2.95. The van der Waals surface area contributed by atoms with Crippen molar-refractivity contribution >= 4 is 17.5 Å². The van der Waals surface area contributed by atoms with Crippen LogP contribution in [0.4, 0.5) is 17.5 Å². The average molecular weight is 488 g/mol. The van der Waals surface area contributed by atoms with E-state index in [1.54, 1.807) is 18.5 Å². The van der Waals surface area contributed by atoms with Crippen molar-refractivity contribution in [2.75, 3.05) is 11.1 Å². The van der Waals surface area contributed by atoms with Crippen molar-refractivity contribution in [3.63, 3.8) is 0 Å². The van der Waals surface area contributed by atoms with Crippen LogP contribution in [0.15, 0.2) is 85.2 Å². The van der Waals surface area contributed by atoms with Gasteiger partial charge in [0.2, 0.25) is 11.8 Å². The lowest BCUT2D eigenvalue weighted by Crippen LogP contribution is -2.12. The predicted molar refractivity (Wildman–Crippen MR) is 144 cm³/mol. The van der Waals surface area contributed by atoms with E-state index in [0.717, 1.165) is 47.6 Å². The lowest BCUT2D eigenvalue weighted by Gasteiger charge is -2.21. The van der Waals surface area contributed by atoms with Crippen molar-refractivity contribution in [3.8, 4) is 34.1 Å². The number of ether oxygens (including phenoxy) is 1. The van der Waals surface area contributed by atoms with Crippen LogP contribution in [0.2, 0.25) is 0 Å². The third-order valence-electron chi connectivity index (χ3n) is 6.39. The summed E-state index contributed by atoms with van der Waals surface area (Å²) in [6, 6.07) is 23.5. The maximum Gasteiger partial charge on any atom is 0.228 e. The summed E-state index contributed by atoms with van der Waals surface area (Å²) in [5, 5.41) is 12.7. The zero-order chi connectivity index (χ0) is 25.0. The van der Waals surface area contributed by atoms with E-state index in [0.29, 0.717) is 17.3 Å². The molecule has 0 amide bonds. The summed E-state index contributed by atoms with van der Waals surface area (Å²) in [5.41, 5.74) is 12.7. The summed E-state index contributed by atoms with van der Waals surface area (Å²) in [5.74, 6) is 2.11. The van der Waals surface area contributed by atoms with Crippen molar-refractivity contribution in [2.45, 2.75) is 25.7 Å². The Kier molecular flexibility index (Phi) is 6.12. The van der Waals surface area contributed by atoms with Crippen LogP contribution in [0.1, 0.15) is 24.0 Å². The molecule has 5 aromatic rings. The van der Waals surface area contributed by atoms with Gasteiger partial charge in [0.15, 0.2) is 5.82 Å². The molecule has 0 spiro atoms. The second kappa shape index (κ2) is 10.0. The number of nitrogens with one attached hydrogen (secondary N) is 1. The molecule has 37 heavy (non-hydrogen) atoms. The third kappa shape index (κ3) is 4.81. The molecule has 0 saturated carbocycles. The van der Waals surface area contributed by atoms with E-state index in [2.05, 4.69) is 42.6 Å². The number of nitrogen functional groups attached to an aromatic ring is 1. The van der Waals surface area contributed by atoms with Gasteiger partial charge in [0, 0.05) is 29.2 Å². The molecule has 6 rings (SSSR count). The normalized spacial score (nSPS) is 12.5. The maximum absolute atomic E-state index is 6.10. The second-order valence-corrected chi connectivity index (χ2v) is 8.84. The smallest absolute Gasteiger partial charge is 0.228 e. The molecule has 3 aromatic heterocycles. The molecule has 3 N–H and O–H groups in total. The highest BCUT2D eigenvalue weighted by Crippen LogP contribution is 2.35. The van der Waals surface area contributed by atoms with Gasteiger partial charge in [-0.1, -0.05) is 30.3 Å². The van der Waals surface area contributed by atoms with E-state index >= 15 is 0 Å². The summed E-state index contributed by atoms with van der Waals surface area (Å²) in [6.07, 6.45) is 7.62. The molecule has 0 unspecified atom stereocenters. The Hall–Kier alpha value is -4.85. The molecule has 2 aromatic carbocycles. The molecular weight excluding hydrogens is 462 g/mol. The second-order valence-electron chi connectivity index (χ2n) is 8.84. The topological polar surface area (TPSA) is 112 Å². The van der Waals surface area contributed by atoms with Gasteiger partial charge in [-0.15, -0.1) is 10.2 Å². The first-order valence-corrected chi connectivity index (χ1v) is 12.3. The fourth-order valence-corrected chi connectivity index (χ4v) is 4.62. The van der Waals surface area contributed by atoms with E-state index in [1.807, 2.05) is 54.6 Å². The van der Waals surface area contributed by atoms with Gasteiger partial charge < -0.3 is 15.8 Å². The van der Waals surface area contributed by atoms with E-state index < -0.39 is 0 Å². The van der Waals surface area contributed by atoms with Crippen molar-refractivity contribution < 1.29 is 4.74 Å². The van der Waals surface area contributed by atoms with Crippen LogP contribution in [-0.4, -0.2) is 25.1 Å². The van der Waals surface area contributed by atoms with Crippen molar-refractivity contribution in [1.82, 2.24) is 25.1 Å². The monoisotopic (exact) mass is 487 g/mol. The van der Waals surface area contributed by atoms with E-state index in [9.17, 15) is 0 Å². The summed E-state index contributed by atoms with van der Waals surface area (Å²) in [4.78, 5) is 12.6.